The molecule has 4 N–H and O–H groups in total. The number of aliphatic hydroxyl groups excluding tert-OH is 2. The lowest BCUT2D eigenvalue weighted by atomic mass is 9.41. The first-order chi connectivity index (χ1) is 13.7. The highest BCUT2D eigenvalue weighted by atomic mass is 16.5. The van der Waals surface area contributed by atoms with Crippen LogP contribution < -0.4 is 0 Å². The van der Waals surface area contributed by atoms with E-state index < -0.39 is 22.7 Å². The fourth-order valence-electron chi connectivity index (χ4n) is 8.52. The van der Waals surface area contributed by atoms with E-state index in [-0.39, 0.29) is 35.7 Å². The van der Waals surface area contributed by atoms with Gasteiger partial charge in [-0.25, -0.2) is 4.79 Å². The molecule has 0 spiro atoms. The Kier molecular flexibility index (Phi) is 4.33. The van der Waals surface area contributed by atoms with Crippen molar-refractivity contribution >= 4 is 5.97 Å². The Morgan fingerprint density at radius 1 is 1.07 bits per heavy atom. The first-order valence-corrected chi connectivity index (χ1v) is 11.3. The molecule has 5 rings (SSSR count). The number of hydrogen-bond acceptors (Lipinski definition) is 6. The van der Waals surface area contributed by atoms with Crippen molar-refractivity contribution in [3.8, 4) is 0 Å². The van der Waals surface area contributed by atoms with Gasteiger partial charge in [-0.15, -0.1) is 0 Å². The van der Waals surface area contributed by atoms with E-state index in [1.807, 2.05) is 0 Å². The van der Waals surface area contributed by atoms with Gasteiger partial charge in [0.2, 0.25) is 0 Å². The first kappa shape index (κ1) is 20.0. The van der Waals surface area contributed by atoms with Gasteiger partial charge in [0.25, 0.3) is 0 Å². The highest BCUT2D eigenvalue weighted by Gasteiger charge is 2.71. The zero-order valence-electron chi connectivity index (χ0n) is 17.3. The van der Waals surface area contributed by atoms with Gasteiger partial charge in [0.1, 0.15) is 6.61 Å². The summed E-state index contributed by atoms with van der Waals surface area (Å²) in [5.74, 6) is -0.0760. The van der Waals surface area contributed by atoms with Crippen molar-refractivity contribution in [2.75, 3.05) is 13.2 Å². The molecular formula is C23H34O6. The zero-order chi connectivity index (χ0) is 20.7. The minimum atomic E-state index is -1.06. The largest absolute Gasteiger partial charge is 0.458 e. The lowest BCUT2D eigenvalue weighted by molar-refractivity contribution is -0.269. The third-order valence-corrected chi connectivity index (χ3v) is 10.1. The average Bonchev–Trinajstić information content (AvgIpc) is 3.21. The Hall–Kier alpha value is -0.950. The van der Waals surface area contributed by atoms with Crippen LogP contribution in [0.5, 0.6) is 0 Å². The molecule has 0 bridgehead atoms. The maximum absolute atomic E-state index is 12.1. The molecule has 162 valence electrons. The Morgan fingerprint density at radius 2 is 1.83 bits per heavy atom. The fourth-order valence-corrected chi connectivity index (χ4v) is 8.52. The van der Waals surface area contributed by atoms with Crippen LogP contribution in [0.15, 0.2) is 11.6 Å². The number of esters is 1. The van der Waals surface area contributed by atoms with Crippen LogP contribution in [0, 0.1) is 28.6 Å². The maximum Gasteiger partial charge on any atom is 0.331 e. The topological polar surface area (TPSA) is 107 Å². The minimum absolute atomic E-state index is 0.0209. The fraction of sp³-hybridized carbons (Fsp3) is 0.870. The average molecular weight is 407 g/mol. The van der Waals surface area contributed by atoms with Gasteiger partial charge in [-0.3, -0.25) is 0 Å². The second kappa shape index (κ2) is 6.28. The zero-order valence-corrected chi connectivity index (χ0v) is 17.3. The molecule has 2 unspecified atom stereocenters. The van der Waals surface area contributed by atoms with Gasteiger partial charge in [0.15, 0.2) is 0 Å². The molecule has 0 amide bonds. The minimum Gasteiger partial charge on any atom is -0.458 e. The third-order valence-electron chi connectivity index (χ3n) is 10.1. The van der Waals surface area contributed by atoms with Crippen LogP contribution in [0.25, 0.3) is 0 Å². The quantitative estimate of drug-likeness (QED) is 0.520. The monoisotopic (exact) mass is 406 g/mol. The van der Waals surface area contributed by atoms with Crippen LogP contribution in [0.3, 0.4) is 0 Å². The number of ether oxygens (including phenoxy) is 1. The number of carbonyl (C=O) groups is 1. The van der Waals surface area contributed by atoms with Crippen molar-refractivity contribution in [3.63, 3.8) is 0 Å². The lowest BCUT2D eigenvalue weighted by Crippen LogP contribution is -2.69. The number of cyclic esters (lactones) is 1. The molecule has 0 saturated heterocycles. The van der Waals surface area contributed by atoms with E-state index >= 15 is 0 Å². The van der Waals surface area contributed by atoms with Crippen LogP contribution in [-0.4, -0.2) is 56.9 Å². The van der Waals surface area contributed by atoms with Gasteiger partial charge in [-0.2, -0.15) is 0 Å². The standard InChI is InChI=1S/C23H34O6/c1-20-6-3-17-18(4-8-22(27)11-15(25)2-7-21(17,22)13-24)23(20,28)9-5-16(20)14-10-19(26)29-12-14/h10,15-18,24-25,27-28H,2-9,11-13H2,1H3/t15-,16+,17?,18?,20+,21-,22-,23-/m1/s1. The van der Waals surface area contributed by atoms with Crippen molar-refractivity contribution in [2.45, 2.75) is 82.0 Å². The summed E-state index contributed by atoms with van der Waals surface area (Å²) in [6.07, 6.45) is 7.02. The highest BCUT2D eigenvalue weighted by molar-refractivity contribution is 5.85. The molecule has 0 aromatic heterocycles. The number of fused-ring (bicyclic) bond motifs is 5. The second-order valence-electron chi connectivity index (χ2n) is 10.8. The molecule has 4 saturated carbocycles. The Morgan fingerprint density at radius 3 is 2.52 bits per heavy atom. The van der Waals surface area contributed by atoms with Crippen LogP contribution in [-0.2, 0) is 9.53 Å². The molecule has 0 radical (unpaired) electrons. The third kappa shape index (κ3) is 2.40. The highest BCUT2D eigenvalue weighted by Crippen LogP contribution is 2.70. The van der Waals surface area contributed by atoms with E-state index in [4.69, 9.17) is 4.74 Å². The Bertz CT molecular complexity index is 750. The Labute approximate surface area is 172 Å². The summed E-state index contributed by atoms with van der Waals surface area (Å²) >= 11 is 0. The smallest absolute Gasteiger partial charge is 0.331 e. The Balaban J connectivity index is 1.51. The summed E-state index contributed by atoms with van der Waals surface area (Å²) in [5, 5.41) is 44.4. The van der Waals surface area contributed by atoms with E-state index in [2.05, 4.69) is 6.92 Å². The molecule has 1 aliphatic heterocycles. The molecular weight excluding hydrogens is 372 g/mol. The molecule has 1 heterocycles. The van der Waals surface area contributed by atoms with Crippen LogP contribution in [0.2, 0.25) is 0 Å². The van der Waals surface area contributed by atoms with Crippen molar-refractivity contribution < 1.29 is 30.0 Å². The molecule has 29 heavy (non-hydrogen) atoms. The van der Waals surface area contributed by atoms with Crippen LogP contribution in [0.4, 0.5) is 0 Å². The predicted octanol–water partition coefficient (Wildman–Crippen LogP) is 1.69. The summed E-state index contributed by atoms with van der Waals surface area (Å²) in [6, 6.07) is 0. The molecule has 0 aromatic carbocycles. The summed E-state index contributed by atoms with van der Waals surface area (Å²) in [7, 11) is 0. The molecule has 6 heteroatoms. The molecule has 4 fully saturated rings. The van der Waals surface area contributed by atoms with E-state index in [0.717, 1.165) is 24.8 Å². The van der Waals surface area contributed by atoms with Crippen molar-refractivity contribution in [1.29, 1.82) is 0 Å². The summed E-state index contributed by atoms with van der Waals surface area (Å²) in [4.78, 5) is 11.6. The second-order valence-corrected chi connectivity index (χ2v) is 10.8. The SMILES string of the molecule is C[C@@]12CCC3C(CC[C@@]4(O)C[C@H](O)CC[C@@]34CO)[C@]1(O)CC[C@H]2C1=CC(=O)OC1. The summed E-state index contributed by atoms with van der Waals surface area (Å²) < 4.78 is 5.17. The molecule has 0 aromatic rings. The predicted molar refractivity (Wildman–Crippen MR) is 105 cm³/mol. The van der Waals surface area contributed by atoms with Gasteiger partial charge in [0, 0.05) is 23.3 Å². The van der Waals surface area contributed by atoms with E-state index in [1.54, 1.807) is 6.08 Å². The first-order valence-electron chi connectivity index (χ1n) is 11.3. The van der Waals surface area contributed by atoms with E-state index in [9.17, 15) is 25.2 Å². The number of carbonyl (C=O) groups excluding carboxylic acids is 1. The number of hydrogen-bond donors (Lipinski definition) is 4. The van der Waals surface area contributed by atoms with Gasteiger partial charge >= 0.3 is 5.97 Å². The van der Waals surface area contributed by atoms with E-state index in [0.29, 0.717) is 45.1 Å². The van der Waals surface area contributed by atoms with Crippen molar-refractivity contribution in [2.24, 2.45) is 28.6 Å². The van der Waals surface area contributed by atoms with Crippen molar-refractivity contribution in [3.05, 3.63) is 11.6 Å². The number of aliphatic hydroxyl groups is 4. The van der Waals surface area contributed by atoms with Gasteiger partial charge in [0.05, 0.1) is 23.9 Å². The summed E-state index contributed by atoms with van der Waals surface area (Å²) in [5.41, 5.74) is -1.88. The van der Waals surface area contributed by atoms with Crippen LogP contribution >= 0.6 is 0 Å². The van der Waals surface area contributed by atoms with Crippen molar-refractivity contribution in [1.82, 2.24) is 0 Å². The normalized spacial score (nSPS) is 54.2. The van der Waals surface area contributed by atoms with Crippen LogP contribution in [0.1, 0.15) is 64.7 Å². The maximum atomic E-state index is 12.1. The summed E-state index contributed by atoms with van der Waals surface area (Å²) in [6.45, 7) is 2.41. The van der Waals surface area contributed by atoms with Gasteiger partial charge in [-0.05, 0) is 74.7 Å². The number of rotatable bonds is 2. The molecule has 5 aliphatic rings. The molecule has 8 atom stereocenters. The van der Waals surface area contributed by atoms with E-state index in [1.165, 1.54) is 0 Å². The molecule has 6 nitrogen and oxygen atoms in total. The van der Waals surface area contributed by atoms with Gasteiger partial charge < -0.3 is 25.2 Å². The lowest BCUT2D eigenvalue weighted by Gasteiger charge is -2.66. The van der Waals surface area contributed by atoms with Gasteiger partial charge in [-0.1, -0.05) is 6.92 Å². The molecule has 4 aliphatic carbocycles.